The molecule has 172 valence electrons. The summed E-state index contributed by atoms with van der Waals surface area (Å²) in [7, 11) is -3.93. The molecule has 0 aliphatic heterocycles. The Bertz CT molecular complexity index is 1610. The van der Waals surface area contributed by atoms with E-state index in [1.807, 2.05) is 31.2 Å². The lowest BCUT2D eigenvalue weighted by Gasteiger charge is -2.11. The summed E-state index contributed by atoms with van der Waals surface area (Å²) in [5.41, 5.74) is 3.86. The van der Waals surface area contributed by atoms with Gasteiger partial charge in [-0.15, -0.1) is 5.10 Å². The van der Waals surface area contributed by atoms with Gasteiger partial charge in [0.1, 0.15) is 5.82 Å². The number of nitrogens with one attached hydrogen (secondary N) is 1. The second-order valence-corrected chi connectivity index (χ2v) is 10.2. The molecular formula is C25H22ClN5O2S. The van der Waals surface area contributed by atoms with Crippen LogP contribution in [0.2, 0.25) is 5.02 Å². The van der Waals surface area contributed by atoms with Gasteiger partial charge in [0.05, 0.1) is 10.4 Å². The van der Waals surface area contributed by atoms with E-state index in [4.69, 9.17) is 11.6 Å². The Morgan fingerprint density at radius 1 is 0.912 bits per heavy atom. The van der Waals surface area contributed by atoms with E-state index in [-0.39, 0.29) is 15.6 Å². The summed E-state index contributed by atoms with van der Waals surface area (Å²) in [6.45, 7) is 4.11. The van der Waals surface area contributed by atoms with Crippen LogP contribution in [-0.2, 0) is 22.7 Å². The smallest absolute Gasteiger partial charge is 0.229 e. The monoisotopic (exact) mass is 491 g/mol. The van der Waals surface area contributed by atoms with Crippen LogP contribution in [0.25, 0.3) is 16.6 Å². The quantitative estimate of drug-likeness (QED) is 0.331. The fourth-order valence-corrected chi connectivity index (χ4v) is 5.22. The van der Waals surface area contributed by atoms with Crippen LogP contribution in [0.1, 0.15) is 25.0 Å². The standard InChI is InChI=1S/C25H22ClN5O2S/c1-3-16-5-10-19(11-6-16)27-23-21-15-18(26)9-14-22(21)31-24(28-23)25(29-30-31)34(32,33)20-12-7-17(4-2)8-13-20/h5-15H,3-4H2,1-2H3,(H,27,28). The molecule has 1 N–H and O–H groups in total. The van der Waals surface area contributed by atoms with Crippen LogP contribution in [0.5, 0.6) is 0 Å². The highest BCUT2D eigenvalue weighted by molar-refractivity contribution is 7.91. The molecule has 0 fully saturated rings. The minimum Gasteiger partial charge on any atom is -0.340 e. The first kappa shape index (κ1) is 22.3. The maximum atomic E-state index is 13.4. The molecule has 0 unspecified atom stereocenters. The Labute approximate surface area is 202 Å². The number of hydrogen-bond acceptors (Lipinski definition) is 6. The molecule has 0 saturated carbocycles. The predicted octanol–water partition coefficient (Wildman–Crippen LogP) is 5.63. The van der Waals surface area contributed by atoms with Gasteiger partial charge in [-0.1, -0.05) is 54.9 Å². The van der Waals surface area contributed by atoms with Crippen molar-refractivity contribution < 1.29 is 8.42 Å². The van der Waals surface area contributed by atoms with Crippen LogP contribution in [-0.4, -0.2) is 28.2 Å². The number of sulfone groups is 1. The second kappa shape index (κ2) is 8.70. The third-order valence-electron chi connectivity index (χ3n) is 5.80. The normalized spacial score (nSPS) is 11.9. The molecule has 0 aliphatic carbocycles. The number of halogens is 1. The van der Waals surface area contributed by atoms with E-state index >= 15 is 0 Å². The zero-order valence-corrected chi connectivity index (χ0v) is 20.2. The highest BCUT2D eigenvalue weighted by Crippen LogP contribution is 2.31. The highest BCUT2D eigenvalue weighted by atomic mass is 35.5. The van der Waals surface area contributed by atoms with Gasteiger partial charge in [0.2, 0.25) is 14.9 Å². The molecule has 34 heavy (non-hydrogen) atoms. The first-order chi connectivity index (χ1) is 16.4. The van der Waals surface area contributed by atoms with Crippen molar-refractivity contribution in [1.29, 1.82) is 0 Å². The Balaban J connectivity index is 1.69. The molecule has 0 radical (unpaired) electrons. The third-order valence-corrected chi connectivity index (χ3v) is 7.70. The summed E-state index contributed by atoms with van der Waals surface area (Å²) in [5.74, 6) is 0.467. The molecule has 0 aliphatic rings. The lowest BCUT2D eigenvalue weighted by Crippen LogP contribution is -2.06. The number of nitrogens with zero attached hydrogens (tertiary/aromatic N) is 4. The SMILES string of the molecule is CCc1ccc(Nc2nc3c(S(=O)(=O)c4ccc(CC)cc4)nnn3c3ccc(Cl)cc23)cc1. The number of rotatable bonds is 6. The highest BCUT2D eigenvalue weighted by Gasteiger charge is 2.27. The molecule has 3 aromatic carbocycles. The molecule has 7 nitrogen and oxygen atoms in total. The summed E-state index contributed by atoms with van der Waals surface area (Å²) < 4.78 is 28.3. The van der Waals surface area contributed by atoms with Crippen molar-refractivity contribution in [3.05, 3.63) is 82.9 Å². The van der Waals surface area contributed by atoms with Crippen LogP contribution in [0.3, 0.4) is 0 Å². The van der Waals surface area contributed by atoms with E-state index in [1.54, 1.807) is 42.5 Å². The number of benzene rings is 3. The van der Waals surface area contributed by atoms with Gasteiger partial charge >= 0.3 is 0 Å². The topological polar surface area (TPSA) is 89.2 Å². The maximum Gasteiger partial charge on any atom is 0.229 e. The van der Waals surface area contributed by atoms with Crippen molar-refractivity contribution in [2.24, 2.45) is 0 Å². The number of anilines is 2. The predicted molar refractivity (Wildman–Crippen MR) is 134 cm³/mol. The molecule has 0 atom stereocenters. The van der Waals surface area contributed by atoms with Crippen LogP contribution < -0.4 is 5.32 Å². The number of aromatic nitrogens is 4. The first-order valence-electron chi connectivity index (χ1n) is 11.0. The van der Waals surface area contributed by atoms with Crippen molar-refractivity contribution in [3.8, 4) is 0 Å². The number of aryl methyl sites for hydroxylation is 2. The van der Waals surface area contributed by atoms with Gasteiger partial charge in [0.25, 0.3) is 0 Å². The fraction of sp³-hybridized carbons (Fsp3) is 0.160. The van der Waals surface area contributed by atoms with Crippen molar-refractivity contribution in [3.63, 3.8) is 0 Å². The number of hydrogen-bond donors (Lipinski definition) is 1. The fourth-order valence-electron chi connectivity index (χ4n) is 3.81. The summed E-state index contributed by atoms with van der Waals surface area (Å²) in [6, 6.07) is 20.0. The molecule has 9 heteroatoms. The van der Waals surface area contributed by atoms with Crippen LogP contribution in [0.4, 0.5) is 11.5 Å². The zero-order valence-electron chi connectivity index (χ0n) is 18.7. The van der Waals surface area contributed by atoms with Gasteiger partial charge in [-0.05, 0) is 66.4 Å². The van der Waals surface area contributed by atoms with Gasteiger partial charge in [-0.3, -0.25) is 0 Å². The summed E-state index contributed by atoms with van der Waals surface area (Å²) >= 11 is 6.27. The van der Waals surface area contributed by atoms with E-state index < -0.39 is 9.84 Å². The van der Waals surface area contributed by atoms with Gasteiger partial charge in [0, 0.05) is 16.1 Å². The first-order valence-corrected chi connectivity index (χ1v) is 12.8. The molecule has 0 saturated heterocycles. The lowest BCUT2D eigenvalue weighted by molar-refractivity contribution is 0.592. The molecule has 0 spiro atoms. The maximum absolute atomic E-state index is 13.4. The van der Waals surface area contributed by atoms with Crippen LogP contribution >= 0.6 is 11.6 Å². The Kier molecular flexibility index (Phi) is 5.71. The minimum absolute atomic E-state index is 0.141. The van der Waals surface area contributed by atoms with Crippen molar-refractivity contribution in [2.75, 3.05) is 5.32 Å². The molecule has 0 amide bonds. The lowest BCUT2D eigenvalue weighted by atomic mass is 10.1. The van der Waals surface area contributed by atoms with Crippen molar-refractivity contribution in [2.45, 2.75) is 36.6 Å². The third kappa shape index (κ3) is 3.89. The van der Waals surface area contributed by atoms with E-state index in [2.05, 4.69) is 27.5 Å². The van der Waals surface area contributed by atoms with E-state index in [0.29, 0.717) is 21.7 Å². The molecule has 2 heterocycles. The average Bonchev–Trinajstić information content (AvgIpc) is 3.29. The van der Waals surface area contributed by atoms with Gasteiger partial charge in [-0.25, -0.2) is 13.4 Å². The van der Waals surface area contributed by atoms with E-state index in [0.717, 1.165) is 24.1 Å². The van der Waals surface area contributed by atoms with Gasteiger partial charge in [0.15, 0.2) is 5.65 Å². The minimum atomic E-state index is -3.93. The summed E-state index contributed by atoms with van der Waals surface area (Å²) in [4.78, 5) is 4.80. The number of fused-ring (bicyclic) bond motifs is 3. The molecule has 5 rings (SSSR count). The Hall–Kier alpha value is -3.49. The van der Waals surface area contributed by atoms with Crippen LogP contribution in [0.15, 0.2) is 76.7 Å². The largest absolute Gasteiger partial charge is 0.340 e. The summed E-state index contributed by atoms with van der Waals surface area (Å²) in [6.07, 6.45) is 1.75. The molecule has 0 bridgehead atoms. The molecular weight excluding hydrogens is 470 g/mol. The summed E-state index contributed by atoms with van der Waals surface area (Å²) in [5, 5.41) is 12.5. The average molecular weight is 492 g/mol. The molecule has 5 aromatic rings. The van der Waals surface area contributed by atoms with Crippen LogP contribution in [0, 0.1) is 0 Å². The molecule has 2 aromatic heterocycles. The zero-order chi connectivity index (χ0) is 23.9. The van der Waals surface area contributed by atoms with E-state index in [1.165, 1.54) is 10.1 Å². The Morgan fingerprint density at radius 2 is 1.56 bits per heavy atom. The van der Waals surface area contributed by atoms with Crippen molar-refractivity contribution in [1.82, 2.24) is 19.8 Å². The van der Waals surface area contributed by atoms with Gasteiger partial charge in [-0.2, -0.15) is 4.52 Å². The Morgan fingerprint density at radius 3 is 2.21 bits per heavy atom. The van der Waals surface area contributed by atoms with Gasteiger partial charge < -0.3 is 5.32 Å². The van der Waals surface area contributed by atoms with E-state index in [9.17, 15) is 8.42 Å². The van der Waals surface area contributed by atoms with Crippen molar-refractivity contribution >= 4 is 49.5 Å². The second-order valence-electron chi connectivity index (χ2n) is 7.93.